The first-order valence-electron chi connectivity index (χ1n) is 14.6. The molecule has 5 rings (SSSR count). The molecule has 47 heavy (non-hydrogen) atoms. The summed E-state index contributed by atoms with van der Waals surface area (Å²) in [5.41, 5.74) is -1.80. The van der Waals surface area contributed by atoms with Crippen molar-refractivity contribution in [3.63, 3.8) is 0 Å². The second-order valence-corrected chi connectivity index (χ2v) is 11.3. The van der Waals surface area contributed by atoms with Crippen LogP contribution in [-0.2, 0) is 17.5 Å². The Kier molecular flexibility index (Phi) is 9.61. The van der Waals surface area contributed by atoms with Crippen LogP contribution < -0.4 is 21.1 Å². The van der Waals surface area contributed by atoms with Gasteiger partial charge in [0, 0.05) is 54.8 Å². The van der Waals surface area contributed by atoms with Gasteiger partial charge in [-0.15, -0.1) is 0 Å². The lowest BCUT2D eigenvalue weighted by molar-refractivity contribution is -0.138. The molecule has 3 N–H and O–H groups in total. The minimum absolute atomic E-state index is 0.0216. The van der Waals surface area contributed by atoms with Gasteiger partial charge < -0.3 is 19.9 Å². The van der Waals surface area contributed by atoms with Crippen LogP contribution in [0.5, 0.6) is 0 Å². The van der Waals surface area contributed by atoms with E-state index in [2.05, 4.69) is 25.5 Å². The molecular formula is C33H32F4N6O4. The molecule has 0 spiro atoms. The lowest BCUT2D eigenvalue weighted by Crippen LogP contribution is -2.55. The first kappa shape index (κ1) is 33.1. The lowest BCUT2D eigenvalue weighted by atomic mass is 10.0. The van der Waals surface area contributed by atoms with Crippen molar-refractivity contribution in [1.29, 1.82) is 0 Å². The SMILES string of the molecule is C[C@@H]1CN(c2cc(F)c(-c3cncc(NC(=O)OCc4ccccc4)c3)cc2NC(=O)c2c[nH]c(=O)cc2C(F)(F)F)C[C@H](C)N1C. The van der Waals surface area contributed by atoms with E-state index in [1.807, 2.05) is 31.9 Å². The number of aromatic nitrogens is 2. The van der Waals surface area contributed by atoms with E-state index >= 15 is 4.39 Å². The molecule has 14 heteroatoms. The third-order valence-electron chi connectivity index (χ3n) is 8.02. The molecule has 2 atom stereocenters. The van der Waals surface area contributed by atoms with Crippen molar-refractivity contribution in [1.82, 2.24) is 14.9 Å². The maximum Gasteiger partial charge on any atom is 0.417 e. The molecule has 1 fully saturated rings. The van der Waals surface area contributed by atoms with Crippen LogP contribution in [0.15, 0.2) is 78.0 Å². The molecule has 246 valence electrons. The quantitative estimate of drug-likeness (QED) is 0.206. The highest BCUT2D eigenvalue weighted by atomic mass is 19.4. The topological polar surface area (TPSA) is 120 Å². The standard InChI is InChI=1S/C33H32F4N6O4/c1-19-16-43(17-20(2)42(19)3)29-12-27(34)24(10-28(29)41-31(45)25-15-39-30(44)11-26(25)33(35,36)37)22-9-23(14-38-13-22)40-32(46)47-18-21-7-5-4-6-8-21/h4-15,19-20H,16-18H2,1-3H3,(H,39,44)(H,40,46)(H,41,45)/t19-,20+. The van der Waals surface area contributed by atoms with Crippen molar-refractivity contribution < 1.29 is 31.9 Å². The zero-order valence-electron chi connectivity index (χ0n) is 25.7. The fourth-order valence-electron chi connectivity index (χ4n) is 5.36. The second kappa shape index (κ2) is 13.6. The Bertz CT molecular complexity index is 1820. The van der Waals surface area contributed by atoms with Gasteiger partial charge in [-0.3, -0.25) is 24.8 Å². The van der Waals surface area contributed by atoms with Crippen LogP contribution in [0.1, 0.15) is 35.3 Å². The van der Waals surface area contributed by atoms with Gasteiger partial charge in [0.25, 0.3) is 5.91 Å². The molecule has 0 aliphatic carbocycles. The summed E-state index contributed by atoms with van der Waals surface area (Å²) in [6, 6.07) is 13.4. The van der Waals surface area contributed by atoms with Crippen molar-refractivity contribution in [2.24, 2.45) is 0 Å². The van der Waals surface area contributed by atoms with Crippen LogP contribution in [0.2, 0.25) is 0 Å². The van der Waals surface area contributed by atoms with Crippen molar-refractivity contribution >= 4 is 29.1 Å². The van der Waals surface area contributed by atoms with Gasteiger partial charge in [-0.05, 0) is 44.7 Å². The molecule has 0 bridgehead atoms. The predicted octanol–water partition coefficient (Wildman–Crippen LogP) is 6.12. The number of carbonyl (C=O) groups excluding carboxylic acids is 2. The zero-order chi connectivity index (χ0) is 33.9. The number of carbonyl (C=O) groups is 2. The van der Waals surface area contributed by atoms with E-state index < -0.39 is 40.7 Å². The van der Waals surface area contributed by atoms with E-state index in [-0.39, 0.29) is 46.9 Å². The maximum absolute atomic E-state index is 15.9. The summed E-state index contributed by atoms with van der Waals surface area (Å²) >= 11 is 0. The average molecular weight is 653 g/mol. The number of hydrogen-bond donors (Lipinski definition) is 3. The number of alkyl halides is 3. The lowest BCUT2D eigenvalue weighted by Gasteiger charge is -2.44. The maximum atomic E-state index is 15.9. The van der Waals surface area contributed by atoms with Crippen molar-refractivity contribution in [3.8, 4) is 11.1 Å². The van der Waals surface area contributed by atoms with Gasteiger partial charge >= 0.3 is 12.3 Å². The van der Waals surface area contributed by atoms with Crippen LogP contribution in [0.4, 0.5) is 39.4 Å². The number of nitrogens with zero attached hydrogens (tertiary/aromatic N) is 3. The first-order chi connectivity index (χ1) is 22.3. The number of benzene rings is 2. The van der Waals surface area contributed by atoms with E-state index in [4.69, 9.17) is 4.74 Å². The molecule has 0 saturated carbocycles. The Hall–Kier alpha value is -5.24. The molecule has 10 nitrogen and oxygen atoms in total. The van der Waals surface area contributed by atoms with E-state index in [0.29, 0.717) is 25.4 Å². The molecule has 4 aromatic rings. The third-order valence-corrected chi connectivity index (χ3v) is 8.02. The number of pyridine rings is 2. The predicted molar refractivity (Wildman–Crippen MR) is 169 cm³/mol. The highest BCUT2D eigenvalue weighted by molar-refractivity contribution is 6.07. The molecule has 1 aliphatic heterocycles. The Balaban J connectivity index is 1.49. The largest absolute Gasteiger partial charge is 0.444 e. The molecule has 2 aromatic carbocycles. The monoisotopic (exact) mass is 652 g/mol. The smallest absolute Gasteiger partial charge is 0.417 e. The van der Waals surface area contributed by atoms with Gasteiger partial charge in [0.1, 0.15) is 12.4 Å². The zero-order valence-corrected chi connectivity index (χ0v) is 25.7. The van der Waals surface area contributed by atoms with E-state index in [0.717, 1.165) is 5.56 Å². The number of anilines is 3. The minimum atomic E-state index is -4.98. The van der Waals surface area contributed by atoms with Gasteiger partial charge in [0.2, 0.25) is 5.56 Å². The van der Waals surface area contributed by atoms with Gasteiger partial charge in [0.15, 0.2) is 0 Å². The van der Waals surface area contributed by atoms with Crippen molar-refractivity contribution in [2.45, 2.75) is 38.7 Å². The summed E-state index contributed by atoms with van der Waals surface area (Å²) in [5, 5.41) is 5.07. The van der Waals surface area contributed by atoms with Gasteiger partial charge in [-0.1, -0.05) is 30.3 Å². The first-order valence-corrected chi connectivity index (χ1v) is 14.6. The summed E-state index contributed by atoms with van der Waals surface area (Å²) in [6.07, 6.45) is -2.38. The minimum Gasteiger partial charge on any atom is -0.444 e. The normalized spacial score (nSPS) is 16.9. The Morgan fingerprint density at radius 3 is 2.40 bits per heavy atom. The highest BCUT2D eigenvalue weighted by Crippen LogP contribution is 2.37. The van der Waals surface area contributed by atoms with Crippen LogP contribution in [0.25, 0.3) is 11.1 Å². The summed E-state index contributed by atoms with van der Waals surface area (Å²) in [7, 11) is 1.96. The molecular weight excluding hydrogens is 620 g/mol. The molecule has 0 unspecified atom stereocenters. The fraction of sp³-hybridized carbons (Fsp3) is 0.273. The number of likely N-dealkylation sites (N-methyl/N-ethyl adjacent to an activating group) is 1. The molecule has 0 radical (unpaired) electrons. The number of rotatable bonds is 7. The summed E-state index contributed by atoms with van der Waals surface area (Å²) in [4.78, 5) is 47.7. The number of nitrogens with one attached hydrogen (secondary N) is 3. The van der Waals surface area contributed by atoms with Gasteiger partial charge in [0.05, 0.1) is 34.4 Å². The number of aromatic amines is 1. The summed E-state index contributed by atoms with van der Waals surface area (Å²) < 4.78 is 62.5. The number of ether oxygens (including phenoxy) is 1. The van der Waals surface area contributed by atoms with E-state index in [1.54, 1.807) is 24.3 Å². The second-order valence-electron chi connectivity index (χ2n) is 11.3. The van der Waals surface area contributed by atoms with E-state index in [9.17, 15) is 27.6 Å². The molecule has 2 aromatic heterocycles. The summed E-state index contributed by atoms with van der Waals surface area (Å²) in [6.45, 7) is 4.88. The Morgan fingerprint density at radius 1 is 1.02 bits per heavy atom. The molecule has 2 amide bonds. The van der Waals surface area contributed by atoms with Gasteiger partial charge in [-0.2, -0.15) is 13.2 Å². The third kappa shape index (κ3) is 7.77. The van der Waals surface area contributed by atoms with Crippen LogP contribution >= 0.6 is 0 Å². The Labute approximate surface area is 267 Å². The van der Waals surface area contributed by atoms with Crippen molar-refractivity contribution in [2.75, 3.05) is 35.7 Å². The summed E-state index contributed by atoms with van der Waals surface area (Å²) in [5.74, 6) is -1.85. The highest BCUT2D eigenvalue weighted by Gasteiger charge is 2.36. The fourth-order valence-corrected chi connectivity index (χ4v) is 5.36. The van der Waals surface area contributed by atoms with Gasteiger partial charge in [-0.25, -0.2) is 9.18 Å². The number of halogens is 4. The average Bonchev–Trinajstić information content (AvgIpc) is 3.03. The molecule has 1 saturated heterocycles. The molecule has 1 aliphatic rings. The van der Waals surface area contributed by atoms with Crippen LogP contribution in [0.3, 0.4) is 0 Å². The number of amides is 2. The van der Waals surface area contributed by atoms with E-state index in [1.165, 1.54) is 30.6 Å². The number of hydrogen-bond acceptors (Lipinski definition) is 7. The van der Waals surface area contributed by atoms with Crippen LogP contribution in [-0.4, -0.2) is 59.1 Å². The molecule has 3 heterocycles. The van der Waals surface area contributed by atoms with Crippen LogP contribution in [0, 0.1) is 5.82 Å². The Morgan fingerprint density at radius 2 is 1.72 bits per heavy atom. The van der Waals surface area contributed by atoms with Crippen molar-refractivity contribution in [3.05, 3.63) is 106 Å². The number of H-pyrrole nitrogens is 1. The number of piperazine rings is 1.